The first-order valence-corrected chi connectivity index (χ1v) is 5.00. The third kappa shape index (κ3) is 2.24. The minimum absolute atomic E-state index is 0.228. The van der Waals surface area contributed by atoms with Crippen molar-refractivity contribution in [3.8, 4) is 6.07 Å². The average Bonchev–Trinajstić information content (AvgIpc) is 2.20. The Morgan fingerprint density at radius 3 is 3.00 bits per heavy atom. The monoisotopic (exact) mass is 196 g/mol. The van der Waals surface area contributed by atoms with Crippen molar-refractivity contribution in [3.63, 3.8) is 0 Å². The molecule has 1 aliphatic rings. The normalized spacial score (nSPS) is 26.6. The predicted molar refractivity (Wildman–Crippen MR) is 51.4 cm³/mol. The van der Waals surface area contributed by atoms with Gasteiger partial charge in [-0.3, -0.25) is 4.79 Å². The Morgan fingerprint density at radius 2 is 2.50 bits per heavy atom. The third-order valence-electron chi connectivity index (χ3n) is 2.60. The fourth-order valence-corrected chi connectivity index (χ4v) is 1.80. The molecule has 4 nitrogen and oxygen atoms in total. The van der Waals surface area contributed by atoms with Crippen LogP contribution >= 0.6 is 0 Å². The number of carbonyl (C=O) groups excluding carboxylic acids is 1. The summed E-state index contributed by atoms with van der Waals surface area (Å²) in [7, 11) is 0. The number of nitrogens with zero attached hydrogens (tertiary/aromatic N) is 1. The minimum Gasteiger partial charge on any atom is -0.465 e. The van der Waals surface area contributed by atoms with Gasteiger partial charge in [0.25, 0.3) is 0 Å². The fourth-order valence-electron chi connectivity index (χ4n) is 1.80. The molecule has 1 rings (SSSR count). The summed E-state index contributed by atoms with van der Waals surface area (Å²) >= 11 is 0. The summed E-state index contributed by atoms with van der Waals surface area (Å²) in [6, 6.07) is 2.08. The van der Waals surface area contributed by atoms with Crippen LogP contribution in [0.3, 0.4) is 0 Å². The molecule has 0 aromatic carbocycles. The molecule has 0 aliphatic carbocycles. The molecule has 1 heterocycles. The van der Waals surface area contributed by atoms with E-state index < -0.39 is 5.41 Å². The second kappa shape index (κ2) is 4.97. The Morgan fingerprint density at radius 1 is 1.71 bits per heavy atom. The zero-order valence-electron chi connectivity index (χ0n) is 8.51. The standard InChI is InChI=1S/C10H16N2O2/c1-2-14-9(13)10(5-6-11)4-3-7-12-8-10/h12H,2-5,7-8H2,1H3/t10-/m0/s1. The molecule has 1 atom stereocenters. The molecular weight excluding hydrogens is 180 g/mol. The van der Waals surface area contributed by atoms with Gasteiger partial charge in [-0.25, -0.2) is 0 Å². The highest BCUT2D eigenvalue weighted by Crippen LogP contribution is 2.31. The van der Waals surface area contributed by atoms with Crippen LogP contribution in [0.4, 0.5) is 0 Å². The molecule has 0 amide bonds. The smallest absolute Gasteiger partial charge is 0.314 e. The zero-order chi connectivity index (χ0) is 10.4. The highest BCUT2D eigenvalue weighted by molar-refractivity contribution is 5.77. The number of hydrogen-bond donors (Lipinski definition) is 1. The molecule has 1 N–H and O–H groups in total. The Bertz CT molecular complexity index is 239. The molecule has 0 bridgehead atoms. The van der Waals surface area contributed by atoms with Crippen molar-refractivity contribution in [2.24, 2.45) is 5.41 Å². The first-order chi connectivity index (χ1) is 6.75. The van der Waals surface area contributed by atoms with Gasteiger partial charge in [0.15, 0.2) is 0 Å². The summed E-state index contributed by atoms with van der Waals surface area (Å²) in [5.74, 6) is -0.228. The van der Waals surface area contributed by atoms with Gasteiger partial charge in [0, 0.05) is 6.54 Å². The summed E-state index contributed by atoms with van der Waals surface area (Å²) in [4.78, 5) is 11.7. The van der Waals surface area contributed by atoms with Crippen LogP contribution in [0.25, 0.3) is 0 Å². The largest absolute Gasteiger partial charge is 0.465 e. The lowest BCUT2D eigenvalue weighted by molar-refractivity contribution is -0.156. The molecule has 0 aromatic heterocycles. The molecule has 78 valence electrons. The molecule has 1 fully saturated rings. The van der Waals surface area contributed by atoms with Crippen LogP contribution < -0.4 is 5.32 Å². The lowest BCUT2D eigenvalue weighted by atomic mass is 9.78. The highest BCUT2D eigenvalue weighted by Gasteiger charge is 2.40. The van der Waals surface area contributed by atoms with E-state index in [2.05, 4.69) is 11.4 Å². The van der Waals surface area contributed by atoms with E-state index in [4.69, 9.17) is 10.00 Å². The number of nitriles is 1. The van der Waals surface area contributed by atoms with E-state index >= 15 is 0 Å². The van der Waals surface area contributed by atoms with Gasteiger partial charge in [-0.05, 0) is 26.3 Å². The van der Waals surface area contributed by atoms with Crippen LogP contribution in [-0.2, 0) is 9.53 Å². The number of carbonyl (C=O) groups is 1. The van der Waals surface area contributed by atoms with Gasteiger partial charge in [-0.2, -0.15) is 5.26 Å². The number of hydrogen-bond acceptors (Lipinski definition) is 4. The number of rotatable bonds is 3. The molecule has 0 aromatic rings. The van der Waals surface area contributed by atoms with E-state index in [1.165, 1.54) is 0 Å². The molecule has 1 aliphatic heterocycles. The maximum Gasteiger partial charge on any atom is 0.314 e. The van der Waals surface area contributed by atoms with Gasteiger partial charge < -0.3 is 10.1 Å². The van der Waals surface area contributed by atoms with Gasteiger partial charge in [0.1, 0.15) is 0 Å². The second-order valence-corrected chi connectivity index (χ2v) is 3.62. The van der Waals surface area contributed by atoms with E-state index in [0.29, 0.717) is 13.2 Å². The van der Waals surface area contributed by atoms with Crippen LogP contribution in [0, 0.1) is 16.7 Å². The minimum atomic E-state index is -0.594. The Kier molecular flexibility index (Phi) is 3.90. The molecule has 0 saturated carbocycles. The van der Waals surface area contributed by atoms with Crippen molar-refractivity contribution in [1.82, 2.24) is 5.32 Å². The van der Waals surface area contributed by atoms with Crippen LogP contribution in [-0.4, -0.2) is 25.7 Å². The van der Waals surface area contributed by atoms with Crippen molar-refractivity contribution >= 4 is 5.97 Å². The Balaban J connectivity index is 2.69. The third-order valence-corrected chi connectivity index (χ3v) is 2.60. The maximum absolute atomic E-state index is 11.7. The molecular formula is C10H16N2O2. The molecule has 0 spiro atoms. The average molecular weight is 196 g/mol. The van der Waals surface area contributed by atoms with Crippen molar-refractivity contribution in [3.05, 3.63) is 0 Å². The van der Waals surface area contributed by atoms with Gasteiger partial charge in [-0.15, -0.1) is 0 Å². The van der Waals surface area contributed by atoms with Gasteiger partial charge in [0.05, 0.1) is 24.5 Å². The number of ether oxygens (including phenoxy) is 1. The van der Waals surface area contributed by atoms with Crippen molar-refractivity contribution < 1.29 is 9.53 Å². The van der Waals surface area contributed by atoms with Gasteiger partial charge in [-0.1, -0.05) is 0 Å². The molecule has 4 heteroatoms. The number of esters is 1. The van der Waals surface area contributed by atoms with Gasteiger partial charge >= 0.3 is 5.97 Å². The maximum atomic E-state index is 11.7. The quantitative estimate of drug-likeness (QED) is 0.679. The van der Waals surface area contributed by atoms with Crippen LogP contribution in [0.15, 0.2) is 0 Å². The highest BCUT2D eigenvalue weighted by atomic mass is 16.5. The summed E-state index contributed by atoms with van der Waals surface area (Å²) < 4.78 is 5.01. The summed E-state index contributed by atoms with van der Waals surface area (Å²) in [6.07, 6.45) is 1.94. The van der Waals surface area contributed by atoms with Gasteiger partial charge in [0.2, 0.25) is 0 Å². The van der Waals surface area contributed by atoms with Crippen molar-refractivity contribution in [2.75, 3.05) is 19.7 Å². The van der Waals surface area contributed by atoms with Crippen molar-refractivity contribution in [1.29, 1.82) is 5.26 Å². The van der Waals surface area contributed by atoms with E-state index in [0.717, 1.165) is 19.4 Å². The molecule has 14 heavy (non-hydrogen) atoms. The second-order valence-electron chi connectivity index (χ2n) is 3.62. The van der Waals surface area contributed by atoms with Crippen LogP contribution in [0.2, 0.25) is 0 Å². The lowest BCUT2D eigenvalue weighted by Crippen LogP contribution is -2.46. The lowest BCUT2D eigenvalue weighted by Gasteiger charge is -2.33. The predicted octanol–water partition coefficient (Wildman–Crippen LogP) is 0.833. The summed E-state index contributed by atoms with van der Waals surface area (Å²) in [5.41, 5.74) is -0.594. The fraction of sp³-hybridized carbons (Fsp3) is 0.800. The van der Waals surface area contributed by atoms with Crippen LogP contribution in [0.1, 0.15) is 26.2 Å². The van der Waals surface area contributed by atoms with E-state index in [9.17, 15) is 4.79 Å². The Labute approximate surface area is 84.2 Å². The zero-order valence-corrected chi connectivity index (χ0v) is 8.51. The molecule has 1 saturated heterocycles. The molecule has 0 radical (unpaired) electrons. The summed E-state index contributed by atoms with van der Waals surface area (Å²) in [6.45, 7) is 3.66. The SMILES string of the molecule is CCOC(=O)[C@]1(CC#N)CCCNC1. The molecule has 0 unspecified atom stereocenters. The van der Waals surface area contributed by atoms with Crippen LogP contribution in [0.5, 0.6) is 0 Å². The summed E-state index contributed by atoms with van der Waals surface area (Å²) in [5, 5.41) is 11.9. The van der Waals surface area contributed by atoms with E-state index in [1.54, 1.807) is 6.92 Å². The Hall–Kier alpha value is -1.08. The van der Waals surface area contributed by atoms with E-state index in [-0.39, 0.29) is 12.4 Å². The topological polar surface area (TPSA) is 62.1 Å². The number of piperidine rings is 1. The first-order valence-electron chi connectivity index (χ1n) is 5.00. The first kappa shape index (κ1) is 11.0. The van der Waals surface area contributed by atoms with E-state index in [1.807, 2.05) is 0 Å². The number of nitrogens with one attached hydrogen (secondary N) is 1. The van der Waals surface area contributed by atoms with Crippen molar-refractivity contribution in [2.45, 2.75) is 26.2 Å².